The van der Waals surface area contributed by atoms with Crippen molar-refractivity contribution < 1.29 is 18.6 Å². The van der Waals surface area contributed by atoms with E-state index in [1.165, 1.54) is 0 Å². The van der Waals surface area contributed by atoms with Crippen LogP contribution in [0.5, 0.6) is 0 Å². The minimum atomic E-state index is -2.35. The molecule has 1 heterocycles. The predicted molar refractivity (Wildman–Crippen MR) is 43.2 cm³/mol. The summed E-state index contributed by atoms with van der Waals surface area (Å²) >= 11 is 0. The topological polar surface area (TPSA) is 52.6 Å². The molecule has 66 valence electrons. The molecule has 4 nitrogen and oxygen atoms in total. The van der Waals surface area contributed by atoms with Crippen molar-refractivity contribution in [2.45, 2.75) is 12.1 Å². The highest BCUT2D eigenvalue weighted by atomic mass is 31.1. The molecule has 1 aliphatic heterocycles. The van der Waals surface area contributed by atoms with Crippen molar-refractivity contribution >= 4 is 14.0 Å². The highest BCUT2D eigenvalue weighted by Crippen LogP contribution is 2.35. The Morgan fingerprint density at radius 2 is 2.58 bits per heavy atom. The van der Waals surface area contributed by atoms with Crippen LogP contribution in [0.1, 0.15) is 6.42 Å². The van der Waals surface area contributed by atoms with Crippen LogP contribution in [0, 0.1) is 12.3 Å². The summed E-state index contributed by atoms with van der Waals surface area (Å²) in [6.07, 6.45) is 5.37. The van der Waals surface area contributed by atoms with Gasteiger partial charge in [0.15, 0.2) is 0 Å². The van der Waals surface area contributed by atoms with E-state index >= 15 is 0 Å². The molecule has 0 saturated carbocycles. The lowest BCUT2D eigenvalue weighted by Crippen LogP contribution is -2.10. The van der Waals surface area contributed by atoms with E-state index in [-0.39, 0.29) is 6.61 Å². The molecule has 0 aromatic heterocycles. The predicted octanol–water partition coefficient (Wildman–Crippen LogP) is 0.426. The number of ether oxygens (including phenoxy) is 1. The van der Waals surface area contributed by atoms with Gasteiger partial charge < -0.3 is 9.26 Å². The second-order valence-corrected chi connectivity index (χ2v) is 3.94. The minimum absolute atomic E-state index is 0.0123. The quantitative estimate of drug-likeness (QED) is 0.366. The third kappa shape index (κ3) is 2.10. The summed E-state index contributed by atoms with van der Waals surface area (Å²) in [6.45, 7) is 0.320. The Hall–Kier alpha value is -0.780. The third-order valence-corrected chi connectivity index (χ3v) is 3.04. The van der Waals surface area contributed by atoms with Gasteiger partial charge in [-0.25, -0.2) is 0 Å². The van der Waals surface area contributed by atoms with Crippen LogP contribution >= 0.6 is 8.03 Å². The summed E-state index contributed by atoms with van der Waals surface area (Å²) in [4.78, 5) is 10.9. The molecule has 0 aliphatic carbocycles. The van der Waals surface area contributed by atoms with Gasteiger partial charge in [-0.1, -0.05) is 5.92 Å². The highest BCUT2D eigenvalue weighted by Gasteiger charge is 2.32. The number of carbonyl (C=O) groups excluding carboxylic acids is 1. The smallest absolute Gasteiger partial charge is 0.318 e. The fraction of sp³-hybridized carbons (Fsp3) is 0.571. The first-order valence-corrected chi connectivity index (χ1v) is 4.92. The molecule has 0 aromatic carbocycles. The van der Waals surface area contributed by atoms with Gasteiger partial charge >= 0.3 is 5.97 Å². The lowest BCUT2D eigenvalue weighted by Gasteiger charge is -2.03. The van der Waals surface area contributed by atoms with Crippen LogP contribution in [-0.2, 0) is 18.6 Å². The van der Waals surface area contributed by atoms with E-state index in [1.807, 2.05) is 0 Å². The Bertz CT molecular complexity index is 242. The fourth-order valence-corrected chi connectivity index (χ4v) is 1.98. The molecule has 0 N–H and O–H groups in total. The zero-order chi connectivity index (χ0) is 8.97. The van der Waals surface area contributed by atoms with Crippen molar-refractivity contribution in [2.75, 3.05) is 13.2 Å². The standard InChI is InChI=1S/C7H9O4P/c1-2-4-11-12(9)6-3-5-10-7(6)8/h1,6,12H,3-5H2. The number of hydrogen-bond donors (Lipinski definition) is 0. The molecule has 12 heavy (non-hydrogen) atoms. The van der Waals surface area contributed by atoms with Gasteiger partial charge in [-0.2, -0.15) is 0 Å². The first kappa shape index (κ1) is 9.31. The van der Waals surface area contributed by atoms with Crippen molar-refractivity contribution in [1.29, 1.82) is 0 Å². The van der Waals surface area contributed by atoms with Crippen LogP contribution in [0.3, 0.4) is 0 Å². The molecule has 5 heteroatoms. The summed E-state index contributed by atoms with van der Waals surface area (Å²) < 4.78 is 20.6. The van der Waals surface area contributed by atoms with Crippen molar-refractivity contribution in [2.24, 2.45) is 0 Å². The van der Waals surface area contributed by atoms with Gasteiger partial charge in [-0.05, 0) is 0 Å². The number of hydrogen-bond acceptors (Lipinski definition) is 4. The summed E-state index contributed by atoms with van der Waals surface area (Å²) in [5.74, 6) is 1.75. The molecular weight excluding hydrogens is 179 g/mol. The van der Waals surface area contributed by atoms with Crippen molar-refractivity contribution in [1.82, 2.24) is 0 Å². The Kier molecular flexibility index (Phi) is 3.33. The molecule has 1 aliphatic rings. The average molecular weight is 188 g/mol. The number of terminal acetylenes is 1. The minimum Gasteiger partial charge on any atom is -0.465 e. The molecular formula is C7H9O4P. The second-order valence-electron chi connectivity index (χ2n) is 2.32. The molecule has 0 bridgehead atoms. The van der Waals surface area contributed by atoms with Crippen molar-refractivity contribution in [3.63, 3.8) is 0 Å². The van der Waals surface area contributed by atoms with Crippen LogP contribution in [0.4, 0.5) is 0 Å². The Morgan fingerprint density at radius 3 is 3.08 bits per heavy atom. The normalized spacial score (nSPS) is 24.6. The molecule has 0 spiro atoms. The van der Waals surface area contributed by atoms with E-state index in [0.29, 0.717) is 13.0 Å². The van der Waals surface area contributed by atoms with E-state index in [0.717, 1.165) is 0 Å². The largest absolute Gasteiger partial charge is 0.465 e. The van der Waals surface area contributed by atoms with Crippen LogP contribution in [0.2, 0.25) is 0 Å². The van der Waals surface area contributed by atoms with Crippen LogP contribution in [0.25, 0.3) is 0 Å². The average Bonchev–Trinajstić information content (AvgIpc) is 2.47. The summed E-state index contributed by atoms with van der Waals surface area (Å²) in [5.41, 5.74) is -0.580. The SMILES string of the molecule is C#CCO[PH](=O)C1CCOC1=O. The molecule has 1 fully saturated rings. The van der Waals surface area contributed by atoms with Crippen molar-refractivity contribution in [3.05, 3.63) is 0 Å². The van der Waals surface area contributed by atoms with Crippen molar-refractivity contribution in [3.8, 4) is 12.3 Å². The highest BCUT2D eigenvalue weighted by molar-refractivity contribution is 7.41. The Balaban J connectivity index is 2.42. The number of carbonyl (C=O) groups is 1. The van der Waals surface area contributed by atoms with Crippen LogP contribution in [-0.4, -0.2) is 24.8 Å². The first-order chi connectivity index (χ1) is 5.75. The van der Waals surface area contributed by atoms with Gasteiger partial charge in [-0.3, -0.25) is 9.36 Å². The summed E-state index contributed by atoms with van der Waals surface area (Å²) in [7, 11) is -2.35. The van der Waals surface area contributed by atoms with Gasteiger partial charge in [0, 0.05) is 6.42 Å². The second kappa shape index (κ2) is 4.30. The summed E-state index contributed by atoms with van der Waals surface area (Å²) in [6, 6.07) is 0. The molecule has 0 amide bonds. The Labute approximate surface area is 71.1 Å². The zero-order valence-corrected chi connectivity index (χ0v) is 7.41. The Morgan fingerprint density at radius 1 is 1.83 bits per heavy atom. The van der Waals surface area contributed by atoms with Gasteiger partial charge in [0.05, 0.1) is 6.61 Å². The fourth-order valence-electron chi connectivity index (χ4n) is 0.923. The molecule has 2 atom stereocenters. The van der Waals surface area contributed by atoms with Gasteiger partial charge in [0.25, 0.3) is 0 Å². The maximum Gasteiger partial charge on any atom is 0.318 e. The maximum absolute atomic E-state index is 11.2. The monoisotopic (exact) mass is 188 g/mol. The number of esters is 1. The molecule has 0 radical (unpaired) electrons. The van der Waals surface area contributed by atoms with Crippen LogP contribution < -0.4 is 0 Å². The molecule has 1 saturated heterocycles. The number of rotatable bonds is 3. The van der Waals surface area contributed by atoms with E-state index < -0.39 is 19.7 Å². The van der Waals surface area contributed by atoms with Gasteiger partial charge in [0.2, 0.25) is 8.03 Å². The van der Waals surface area contributed by atoms with E-state index in [1.54, 1.807) is 0 Å². The van der Waals surface area contributed by atoms with E-state index in [2.05, 4.69) is 10.7 Å². The zero-order valence-electron chi connectivity index (χ0n) is 6.41. The molecule has 2 unspecified atom stereocenters. The lowest BCUT2D eigenvalue weighted by molar-refractivity contribution is -0.137. The third-order valence-electron chi connectivity index (χ3n) is 1.52. The van der Waals surface area contributed by atoms with E-state index in [9.17, 15) is 9.36 Å². The van der Waals surface area contributed by atoms with Gasteiger partial charge in [0.1, 0.15) is 12.3 Å². The summed E-state index contributed by atoms with van der Waals surface area (Å²) in [5, 5.41) is 0. The molecule has 0 aromatic rings. The van der Waals surface area contributed by atoms with Gasteiger partial charge in [-0.15, -0.1) is 6.42 Å². The number of cyclic esters (lactones) is 1. The van der Waals surface area contributed by atoms with Crippen LogP contribution in [0.15, 0.2) is 0 Å². The molecule has 1 rings (SSSR count). The first-order valence-electron chi connectivity index (χ1n) is 3.52. The van der Waals surface area contributed by atoms with E-state index in [4.69, 9.17) is 10.9 Å². The maximum atomic E-state index is 11.2. The lowest BCUT2D eigenvalue weighted by atomic mass is 10.4.